The molecule has 1 aromatic carbocycles. The molecule has 0 radical (unpaired) electrons. The number of carbonyl (C=O) groups is 2. The molecule has 140 valence electrons. The number of anilines is 1. The molecule has 3 aromatic rings. The Kier molecular flexibility index (Phi) is 5.40. The SMILES string of the molecule is CCOc1cccn2c(C(=O)Nc3ccc(C(=O)OC)cc3)c(CC)nc12. The summed E-state index contributed by atoms with van der Waals surface area (Å²) in [6.45, 7) is 4.37. The fourth-order valence-electron chi connectivity index (χ4n) is 2.84. The Hall–Kier alpha value is -3.35. The van der Waals surface area contributed by atoms with Crippen LogP contribution in [0.5, 0.6) is 5.75 Å². The molecule has 0 spiro atoms. The number of rotatable bonds is 6. The van der Waals surface area contributed by atoms with E-state index in [1.165, 1.54) is 7.11 Å². The van der Waals surface area contributed by atoms with E-state index < -0.39 is 5.97 Å². The standard InChI is InChI=1S/C20H21N3O4/c1-4-15-17(23-12-6-7-16(27-5-2)18(23)22-15)19(24)21-14-10-8-13(9-11-14)20(25)26-3/h6-12H,4-5H2,1-3H3,(H,21,24). The fraction of sp³-hybridized carbons (Fsp3) is 0.250. The summed E-state index contributed by atoms with van der Waals surface area (Å²) in [7, 11) is 1.32. The molecular formula is C20H21N3O4. The number of imidazole rings is 1. The van der Waals surface area contributed by atoms with Crippen LogP contribution in [0.15, 0.2) is 42.6 Å². The van der Waals surface area contributed by atoms with E-state index in [1.54, 1.807) is 34.9 Å². The third-order valence-electron chi connectivity index (χ3n) is 4.10. The quantitative estimate of drug-likeness (QED) is 0.676. The van der Waals surface area contributed by atoms with Gasteiger partial charge in [0.2, 0.25) is 0 Å². The molecule has 0 saturated heterocycles. The second-order valence-corrected chi connectivity index (χ2v) is 5.78. The van der Waals surface area contributed by atoms with E-state index in [9.17, 15) is 9.59 Å². The van der Waals surface area contributed by atoms with Crippen LogP contribution in [0.25, 0.3) is 5.65 Å². The van der Waals surface area contributed by atoms with Gasteiger partial charge < -0.3 is 14.8 Å². The highest BCUT2D eigenvalue weighted by atomic mass is 16.5. The van der Waals surface area contributed by atoms with Crippen molar-refractivity contribution in [3.8, 4) is 5.75 Å². The van der Waals surface area contributed by atoms with Crippen molar-refractivity contribution >= 4 is 23.2 Å². The van der Waals surface area contributed by atoms with Crippen molar-refractivity contribution in [3.05, 3.63) is 59.5 Å². The molecule has 0 aliphatic heterocycles. The van der Waals surface area contributed by atoms with Crippen LogP contribution in [0.2, 0.25) is 0 Å². The minimum atomic E-state index is -0.425. The number of nitrogens with zero attached hydrogens (tertiary/aromatic N) is 2. The Labute approximate surface area is 156 Å². The lowest BCUT2D eigenvalue weighted by Crippen LogP contribution is -2.16. The Balaban J connectivity index is 1.93. The first-order chi connectivity index (χ1) is 13.1. The molecule has 2 aromatic heterocycles. The number of aryl methyl sites for hydroxylation is 1. The van der Waals surface area contributed by atoms with Crippen LogP contribution >= 0.6 is 0 Å². The molecule has 3 rings (SSSR count). The number of methoxy groups -OCH3 is 1. The van der Waals surface area contributed by atoms with E-state index in [4.69, 9.17) is 4.74 Å². The van der Waals surface area contributed by atoms with E-state index in [1.807, 2.05) is 26.0 Å². The van der Waals surface area contributed by atoms with Gasteiger partial charge >= 0.3 is 5.97 Å². The monoisotopic (exact) mass is 367 g/mol. The van der Waals surface area contributed by atoms with Crippen molar-refractivity contribution in [2.24, 2.45) is 0 Å². The maximum absolute atomic E-state index is 12.9. The number of benzene rings is 1. The summed E-state index contributed by atoms with van der Waals surface area (Å²) >= 11 is 0. The number of carbonyl (C=O) groups excluding carboxylic acids is 2. The average molecular weight is 367 g/mol. The number of pyridine rings is 1. The number of hydrogen-bond donors (Lipinski definition) is 1. The summed E-state index contributed by atoms with van der Waals surface area (Å²) in [5.41, 5.74) is 2.76. The molecule has 7 heteroatoms. The van der Waals surface area contributed by atoms with Crippen molar-refractivity contribution in [3.63, 3.8) is 0 Å². The molecule has 1 amide bonds. The Bertz CT molecular complexity index is 977. The maximum atomic E-state index is 12.9. The van der Waals surface area contributed by atoms with Gasteiger partial charge in [0.1, 0.15) is 5.69 Å². The van der Waals surface area contributed by atoms with Gasteiger partial charge in [-0.05, 0) is 49.7 Å². The normalized spacial score (nSPS) is 10.6. The van der Waals surface area contributed by atoms with Crippen LogP contribution in [-0.4, -0.2) is 35.0 Å². The zero-order valence-corrected chi connectivity index (χ0v) is 15.5. The van der Waals surface area contributed by atoms with E-state index in [-0.39, 0.29) is 5.91 Å². The summed E-state index contributed by atoms with van der Waals surface area (Å²) in [6, 6.07) is 10.2. The van der Waals surface area contributed by atoms with Gasteiger partial charge in [-0.2, -0.15) is 0 Å². The topological polar surface area (TPSA) is 81.9 Å². The molecule has 27 heavy (non-hydrogen) atoms. The number of aromatic nitrogens is 2. The van der Waals surface area contributed by atoms with Crippen molar-refractivity contribution in [1.82, 2.24) is 9.38 Å². The van der Waals surface area contributed by atoms with Crippen LogP contribution in [0.3, 0.4) is 0 Å². The highest BCUT2D eigenvalue weighted by Crippen LogP contribution is 2.23. The van der Waals surface area contributed by atoms with Crippen LogP contribution in [0.4, 0.5) is 5.69 Å². The molecule has 0 unspecified atom stereocenters. The molecule has 2 heterocycles. The fourth-order valence-corrected chi connectivity index (χ4v) is 2.84. The summed E-state index contributed by atoms with van der Waals surface area (Å²) in [5, 5.41) is 2.85. The zero-order valence-electron chi connectivity index (χ0n) is 15.5. The molecule has 0 bridgehead atoms. The molecule has 1 N–H and O–H groups in total. The first-order valence-corrected chi connectivity index (χ1v) is 8.71. The second-order valence-electron chi connectivity index (χ2n) is 5.78. The van der Waals surface area contributed by atoms with Crippen LogP contribution in [0.1, 0.15) is 40.4 Å². The molecule has 0 saturated carbocycles. The molecule has 0 aliphatic carbocycles. The summed E-state index contributed by atoms with van der Waals surface area (Å²) < 4.78 is 12.0. The number of fused-ring (bicyclic) bond motifs is 1. The minimum absolute atomic E-state index is 0.279. The van der Waals surface area contributed by atoms with Gasteiger partial charge in [-0.25, -0.2) is 9.78 Å². The van der Waals surface area contributed by atoms with Crippen molar-refractivity contribution in [2.75, 3.05) is 19.0 Å². The smallest absolute Gasteiger partial charge is 0.337 e. The van der Waals surface area contributed by atoms with Gasteiger partial charge in [0.15, 0.2) is 11.4 Å². The van der Waals surface area contributed by atoms with Crippen LogP contribution in [-0.2, 0) is 11.2 Å². The van der Waals surface area contributed by atoms with Crippen LogP contribution < -0.4 is 10.1 Å². The first-order valence-electron chi connectivity index (χ1n) is 8.71. The van der Waals surface area contributed by atoms with E-state index in [0.29, 0.717) is 47.1 Å². The first kappa shape index (κ1) is 18.4. The highest BCUT2D eigenvalue weighted by Gasteiger charge is 2.20. The van der Waals surface area contributed by atoms with Crippen molar-refractivity contribution < 1.29 is 19.1 Å². The predicted octanol–water partition coefficient (Wildman–Crippen LogP) is 3.33. The highest BCUT2D eigenvalue weighted by molar-refractivity contribution is 6.05. The lowest BCUT2D eigenvalue weighted by atomic mass is 10.2. The van der Waals surface area contributed by atoms with Crippen LogP contribution in [0, 0.1) is 0 Å². The lowest BCUT2D eigenvalue weighted by molar-refractivity contribution is 0.0600. The van der Waals surface area contributed by atoms with Gasteiger partial charge in [-0.15, -0.1) is 0 Å². The number of amides is 1. The number of hydrogen-bond acceptors (Lipinski definition) is 5. The summed E-state index contributed by atoms with van der Waals surface area (Å²) in [6.07, 6.45) is 2.40. The van der Waals surface area contributed by atoms with Gasteiger partial charge in [0, 0.05) is 11.9 Å². The number of ether oxygens (including phenoxy) is 2. The maximum Gasteiger partial charge on any atom is 0.337 e. The Morgan fingerprint density at radius 2 is 1.89 bits per heavy atom. The summed E-state index contributed by atoms with van der Waals surface area (Å²) in [5.74, 6) is -0.0682. The molecule has 0 aliphatic rings. The second kappa shape index (κ2) is 7.90. The van der Waals surface area contributed by atoms with Gasteiger partial charge in [-0.3, -0.25) is 9.20 Å². The third-order valence-corrected chi connectivity index (χ3v) is 4.10. The van der Waals surface area contributed by atoms with Crippen molar-refractivity contribution in [1.29, 1.82) is 0 Å². The Morgan fingerprint density at radius 3 is 2.52 bits per heavy atom. The van der Waals surface area contributed by atoms with Gasteiger partial charge in [0.25, 0.3) is 5.91 Å². The molecule has 0 fully saturated rings. The molecule has 0 atom stereocenters. The van der Waals surface area contributed by atoms with E-state index >= 15 is 0 Å². The molecule has 7 nitrogen and oxygen atoms in total. The molecular weight excluding hydrogens is 346 g/mol. The van der Waals surface area contributed by atoms with Crippen molar-refractivity contribution in [2.45, 2.75) is 20.3 Å². The van der Waals surface area contributed by atoms with E-state index in [2.05, 4.69) is 15.0 Å². The number of nitrogens with one attached hydrogen (secondary N) is 1. The third kappa shape index (κ3) is 3.62. The zero-order chi connectivity index (χ0) is 19.4. The van der Waals surface area contributed by atoms with Gasteiger partial charge in [-0.1, -0.05) is 6.92 Å². The predicted molar refractivity (Wildman–Crippen MR) is 101 cm³/mol. The van der Waals surface area contributed by atoms with Gasteiger partial charge in [0.05, 0.1) is 25.0 Å². The lowest BCUT2D eigenvalue weighted by Gasteiger charge is -2.08. The minimum Gasteiger partial charge on any atom is -0.490 e. The average Bonchev–Trinajstić information content (AvgIpc) is 3.08. The largest absolute Gasteiger partial charge is 0.490 e. The van der Waals surface area contributed by atoms with E-state index in [0.717, 1.165) is 0 Å². The summed E-state index contributed by atoms with van der Waals surface area (Å²) in [4.78, 5) is 29.0. The Morgan fingerprint density at radius 1 is 1.15 bits per heavy atom. The number of esters is 1.